The van der Waals surface area contributed by atoms with Crippen molar-refractivity contribution >= 4 is 11.8 Å². The molecule has 2 rings (SSSR count). The molecule has 2 amide bonds. The predicted molar refractivity (Wildman–Crippen MR) is 89.2 cm³/mol. The minimum atomic E-state index is -0.569. The molecule has 1 aromatic carbocycles. The molecule has 6 heteroatoms. The van der Waals surface area contributed by atoms with Crippen LogP contribution in [-0.4, -0.2) is 62.0 Å². The van der Waals surface area contributed by atoms with E-state index in [0.717, 1.165) is 25.9 Å². The van der Waals surface area contributed by atoms with E-state index in [9.17, 15) is 14.0 Å². The van der Waals surface area contributed by atoms with Gasteiger partial charge in [-0.05, 0) is 37.3 Å². The number of amides is 2. The van der Waals surface area contributed by atoms with Gasteiger partial charge in [-0.15, -0.1) is 0 Å². The van der Waals surface area contributed by atoms with Gasteiger partial charge in [-0.1, -0.05) is 12.1 Å². The summed E-state index contributed by atoms with van der Waals surface area (Å²) in [7, 11) is 3.22. The van der Waals surface area contributed by atoms with Crippen molar-refractivity contribution in [1.29, 1.82) is 0 Å². The van der Waals surface area contributed by atoms with Gasteiger partial charge in [0.25, 0.3) is 5.91 Å². The summed E-state index contributed by atoms with van der Waals surface area (Å²) in [6.07, 6.45) is 2.93. The Hall–Kier alpha value is -1.95. The van der Waals surface area contributed by atoms with Crippen molar-refractivity contribution in [3.63, 3.8) is 0 Å². The molecular weight excluding hydrogens is 311 g/mol. The Morgan fingerprint density at radius 2 is 1.96 bits per heavy atom. The van der Waals surface area contributed by atoms with Crippen LogP contribution in [0.15, 0.2) is 24.3 Å². The number of hydrogen-bond acceptors (Lipinski definition) is 3. The van der Waals surface area contributed by atoms with E-state index < -0.39 is 11.7 Å². The standard InChI is InChI=1S/C18H25FN2O3/c1-20(18(23)15-5-3-4-6-16(15)19)13-17(22)21-10-7-14(8-11-21)9-12-24-2/h3-6,14H,7-13H2,1-2H3. The molecule has 0 saturated carbocycles. The van der Waals surface area contributed by atoms with Crippen LogP contribution < -0.4 is 0 Å². The fraction of sp³-hybridized carbons (Fsp3) is 0.556. The first-order valence-corrected chi connectivity index (χ1v) is 8.29. The van der Waals surface area contributed by atoms with E-state index in [-0.39, 0.29) is 18.0 Å². The van der Waals surface area contributed by atoms with Gasteiger partial charge in [-0.3, -0.25) is 9.59 Å². The summed E-state index contributed by atoms with van der Waals surface area (Å²) in [4.78, 5) is 27.7. The van der Waals surface area contributed by atoms with E-state index in [1.807, 2.05) is 0 Å². The summed E-state index contributed by atoms with van der Waals surface area (Å²) < 4.78 is 18.8. The minimum Gasteiger partial charge on any atom is -0.385 e. The van der Waals surface area contributed by atoms with Crippen LogP contribution >= 0.6 is 0 Å². The highest BCUT2D eigenvalue weighted by Gasteiger charge is 2.25. The molecule has 0 bridgehead atoms. The maximum absolute atomic E-state index is 13.7. The predicted octanol–water partition coefficient (Wildman–Crippen LogP) is 2.17. The molecular formula is C18H25FN2O3. The monoisotopic (exact) mass is 336 g/mol. The molecule has 1 aromatic rings. The molecule has 1 saturated heterocycles. The molecule has 1 aliphatic rings. The Morgan fingerprint density at radius 3 is 2.58 bits per heavy atom. The second kappa shape index (κ2) is 8.78. The lowest BCUT2D eigenvalue weighted by atomic mass is 9.94. The highest BCUT2D eigenvalue weighted by Crippen LogP contribution is 2.20. The van der Waals surface area contributed by atoms with Crippen LogP contribution in [0.4, 0.5) is 4.39 Å². The minimum absolute atomic E-state index is 0.00826. The van der Waals surface area contributed by atoms with Crippen LogP contribution in [0.3, 0.4) is 0 Å². The third-order valence-electron chi connectivity index (χ3n) is 4.52. The largest absolute Gasteiger partial charge is 0.385 e. The summed E-state index contributed by atoms with van der Waals surface area (Å²) in [6.45, 7) is 2.12. The lowest BCUT2D eigenvalue weighted by Crippen LogP contribution is -2.44. The highest BCUT2D eigenvalue weighted by molar-refractivity contribution is 5.96. The summed E-state index contributed by atoms with van der Waals surface area (Å²) >= 11 is 0. The van der Waals surface area contributed by atoms with E-state index in [4.69, 9.17) is 4.74 Å². The zero-order valence-corrected chi connectivity index (χ0v) is 14.3. The van der Waals surface area contributed by atoms with Gasteiger partial charge in [0.1, 0.15) is 5.82 Å². The lowest BCUT2D eigenvalue weighted by Gasteiger charge is -2.33. The van der Waals surface area contributed by atoms with Gasteiger partial charge < -0.3 is 14.5 Å². The van der Waals surface area contributed by atoms with Gasteiger partial charge in [-0.2, -0.15) is 0 Å². The Labute approximate surface area is 142 Å². The smallest absolute Gasteiger partial charge is 0.257 e. The Balaban J connectivity index is 1.84. The number of benzene rings is 1. The number of likely N-dealkylation sites (N-methyl/N-ethyl adjacent to an activating group) is 1. The molecule has 0 spiro atoms. The summed E-state index contributed by atoms with van der Waals surface area (Å²) in [5, 5.41) is 0. The molecule has 0 radical (unpaired) electrons. The van der Waals surface area contributed by atoms with Crippen LogP contribution in [0, 0.1) is 11.7 Å². The van der Waals surface area contributed by atoms with Gasteiger partial charge in [0.2, 0.25) is 5.91 Å². The zero-order valence-electron chi connectivity index (χ0n) is 14.3. The zero-order chi connectivity index (χ0) is 17.5. The molecule has 0 atom stereocenters. The summed E-state index contributed by atoms with van der Waals surface area (Å²) in [5.74, 6) is -0.545. The number of carbonyl (C=O) groups is 2. The number of hydrogen-bond donors (Lipinski definition) is 0. The Morgan fingerprint density at radius 1 is 1.29 bits per heavy atom. The normalized spacial score (nSPS) is 15.4. The van der Waals surface area contributed by atoms with Crippen molar-refractivity contribution in [2.45, 2.75) is 19.3 Å². The van der Waals surface area contributed by atoms with Crippen LogP contribution in [-0.2, 0) is 9.53 Å². The van der Waals surface area contributed by atoms with Crippen molar-refractivity contribution in [2.24, 2.45) is 5.92 Å². The molecule has 5 nitrogen and oxygen atoms in total. The number of likely N-dealkylation sites (tertiary alicyclic amines) is 1. The number of piperidine rings is 1. The van der Waals surface area contributed by atoms with E-state index >= 15 is 0 Å². The first-order valence-electron chi connectivity index (χ1n) is 8.29. The van der Waals surface area contributed by atoms with Crippen LogP contribution in [0.5, 0.6) is 0 Å². The van der Waals surface area contributed by atoms with Crippen LogP contribution in [0.2, 0.25) is 0 Å². The fourth-order valence-electron chi connectivity index (χ4n) is 2.97. The van der Waals surface area contributed by atoms with Gasteiger partial charge in [-0.25, -0.2) is 4.39 Å². The molecule has 0 N–H and O–H groups in total. The lowest BCUT2D eigenvalue weighted by molar-refractivity contribution is -0.133. The number of ether oxygens (including phenoxy) is 1. The third-order valence-corrected chi connectivity index (χ3v) is 4.52. The number of methoxy groups -OCH3 is 1. The van der Waals surface area contributed by atoms with Crippen molar-refractivity contribution in [2.75, 3.05) is 40.4 Å². The Kier molecular flexibility index (Phi) is 6.73. The van der Waals surface area contributed by atoms with Crippen molar-refractivity contribution in [3.05, 3.63) is 35.6 Å². The van der Waals surface area contributed by atoms with Gasteiger partial charge in [0.15, 0.2) is 0 Å². The second-order valence-electron chi connectivity index (χ2n) is 6.25. The van der Waals surface area contributed by atoms with Crippen molar-refractivity contribution in [1.82, 2.24) is 9.80 Å². The molecule has 0 unspecified atom stereocenters. The van der Waals surface area contributed by atoms with Gasteiger partial charge in [0, 0.05) is 33.9 Å². The molecule has 132 valence electrons. The van der Waals surface area contributed by atoms with Crippen LogP contribution in [0.1, 0.15) is 29.6 Å². The average Bonchev–Trinajstić information content (AvgIpc) is 2.60. The number of nitrogens with zero attached hydrogens (tertiary/aromatic N) is 2. The first kappa shape index (κ1) is 18.4. The first-order chi connectivity index (χ1) is 11.5. The third kappa shape index (κ3) is 4.77. The van der Waals surface area contributed by atoms with E-state index in [1.54, 1.807) is 18.1 Å². The molecule has 24 heavy (non-hydrogen) atoms. The molecule has 0 aromatic heterocycles. The van der Waals surface area contributed by atoms with E-state index in [2.05, 4.69) is 0 Å². The van der Waals surface area contributed by atoms with Crippen molar-refractivity contribution in [3.8, 4) is 0 Å². The molecule has 1 fully saturated rings. The maximum atomic E-state index is 13.7. The van der Waals surface area contributed by atoms with Gasteiger partial charge >= 0.3 is 0 Å². The Bertz CT molecular complexity index is 571. The van der Waals surface area contributed by atoms with E-state index in [0.29, 0.717) is 19.0 Å². The number of rotatable bonds is 6. The van der Waals surface area contributed by atoms with Crippen molar-refractivity contribution < 1.29 is 18.7 Å². The highest BCUT2D eigenvalue weighted by atomic mass is 19.1. The quantitative estimate of drug-likeness (QED) is 0.800. The maximum Gasteiger partial charge on any atom is 0.257 e. The number of carbonyl (C=O) groups excluding carboxylic acids is 2. The SMILES string of the molecule is COCCC1CCN(C(=O)CN(C)C(=O)c2ccccc2F)CC1. The topological polar surface area (TPSA) is 49.9 Å². The number of halogens is 1. The van der Waals surface area contributed by atoms with Gasteiger partial charge in [0.05, 0.1) is 12.1 Å². The molecule has 1 aliphatic heterocycles. The average molecular weight is 336 g/mol. The van der Waals surface area contributed by atoms with Crippen LogP contribution in [0.25, 0.3) is 0 Å². The summed E-state index contributed by atoms with van der Waals surface area (Å²) in [6, 6.07) is 5.81. The molecule has 0 aliphatic carbocycles. The fourth-order valence-corrected chi connectivity index (χ4v) is 2.97. The van der Waals surface area contributed by atoms with E-state index in [1.165, 1.54) is 30.1 Å². The summed E-state index contributed by atoms with van der Waals surface area (Å²) in [5.41, 5.74) is -0.00826. The molecule has 1 heterocycles. The second-order valence-corrected chi connectivity index (χ2v) is 6.25.